The molecular formula is C15H17F3N6O2. The number of H-pyrrole nitrogens is 1. The summed E-state index contributed by atoms with van der Waals surface area (Å²) in [7, 11) is 1.56. The fourth-order valence-electron chi connectivity index (χ4n) is 2.78. The zero-order valence-corrected chi connectivity index (χ0v) is 13.9. The highest BCUT2D eigenvalue weighted by molar-refractivity contribution is 5.92. The lowest BCUT2D eigenvalue weighted by Crippen LogP contribution is -2.31. The van der Waals surface area contributed by atoms with Crippen molar-refractivity contribution < 1.29 is 18.0 Å². The molecule has 0 spiro atoms. The minimum atomic E-state index is -4.57. The molecular weight excluding hydrogens is 353 g/mol. The first kappa shape index (κ1) is 18.0. The van der Waals surface area contributed by atoms with Gasteiger partial charge in [0.25, 0.3) is 11.5 Å². The molecule has 2 aromatic rings. The van der Waals surface area contributed by atoms with Gasteiger partial charge in [-0.1, -0.05) is 0 Å². The molecule has 2 N–H and O–H groups in total. The molecule has 8 nitrogen and oxygen atoms in total. The number of rotatable bonds is 4. The number of hydrogen-bond donors (Lipinski definition) is 2. The second-order valence-corrected chi connectivity index (χ2v) is 6.15. The average molecular weight is 370 g/mol. The van der Waals surface area contributed by atoms with Crippen molar-refractivity contribution in [1.82, 2.24) is 25.3 Å². The Morgan fingerprint density at radius 3 is 2.85 bits per heavy atom. The first-order valence-corrected chi connectivity index (χ1v) is 7.93. The number of hydrogen-bond acceptors (Lipinski definition) is 5. The predicted octanol–water partition coefficient (Wildman–Crippen LogP) is 0.779. The fraction of sp³-hybridized carbons (Fsp3) is 0.467. The highest BCUT2D eigenvalue weighted by atomic mass is 19.4. The Labute approximate surface area is 146 Å². The summed E-state index contributed by atoms with van der Waals surface area (Å²) in [6, 6.07) is 2.18. The van der Waals surface area contributed by atoms with Crippen LogP contribution in [0.25, 0.3) is 0 Å². The van der Waals surface area contributed by atoms with Crippen molar-refractivity contribution in [2.45, 2.75) is 12.6 Å². The summed E-state index contributed by atoms with van der Waals surface area (Å²) < 4.78 is 38.8. The van der Waals surface area contributed by atoms with Crippen molar-refractivity contribution in [3.05, 3.63) is 40.1 Å². The van der Waals surface area contributed by atoms with E-state index < -0.39 is 17.8 Å². The predicted molar refractivity (Wildman–Crippen MR) is 85.7 cm³/mol. The van der Waals surface area contributed by atoms with E-state index in [1.807, 2.05) is 10.00 Å². The van der Waals surface area contributed by atoms with E-state index in [0.29, 0.717) is 31.4 Å². The number of carbonyl (C=O) groups excluding carboxylic acids is 1. The molecule has 0 radical (unpaired) electrons. The summed E-state index contributed by atoms with van der Waals surface area (Å²) in [6.45, 7) is 1.63. The van der Waals surface area contributed by atoms with Gasteiger partial charge in [-0.15, -0.1) is 0 Å². The molecule has 1 atom stereocenters. The Balaban J connectivity index is 1.54. The summed E-state index contributed by atoms with van der Waals surface area (Å²) in [5.41, 5.74) is -0.863. The molecule has 3 rings (SSSR count). The maximum Gasteiger partial charge on any atom is 0.432 e. The van der Waals surface area contributed by atoms with Gasteiger partial charge in [0.15, 0.2) is 5.69 Å². The number of amides is 1. The normalized spacial score (nSPS) is 17.5. The first-order chi connectivity index (χ1) is 12.2. The molecule has 1 amide bonds. The lowest BCUT2D eigenvalue weighted by molar-refractivity contribution is -0.141. The third-order valence-electron chi connectivity index (χ3n) is 4.27. The summed E-state index contributed by atoms with van der Waals surface area (Å²) in [5, 5.41) is 11.8. The molecule has 0 bridgehead atoms. The van der Waals surface area contributed by atoms with E-state index in [1.54, 1.807) is 13.2 Å². The maximum absolute atomic E-state index is 12.5. The largest absolute Gasteiger partial charge is 0.432 e. The number of nitrogens with zero attached hydrogens (tertiary/aromatic N) is 4. The van der Waals surface area contributed by atoms with E-state index in [4.69, 9.17) is 0 Å². The number of aromatic amines is 1. The Hall–Kier alpha value is -2.85. The molecule has 11 heteroatoms. The highest BCUT2D eigenvalue weighted by Crippen LogP contribution is 2.27. The first-order valence-electron chi connectivity index (χ1n) is 7.93. The van der Waals surface area contributed by atoms with Gasteiger partial charge in [-0.2, -0.15) is 23.4 Å². The molecule has 1 aliphatic rings. The van der Waals surface area contributed by atoms with Gasteiger partial charge in [0.2, 0.25) is 0 Å². The van der Waals surface area contributed by atoms with E-state index >= 15 is 0 Å². The lowest BCUT2D eigenvalue weighted by Gasteiger charge is -2.18. The van der Waals surface area contributed by atoms with Crippen molar-refractivity contribution in [2.75, 3.05) is 24.5 Å². The monoisotopic (exact) mass is 370 g/mol. The Morgan fingerprint density at radius 2 is 2.19 bits per heavy atom. The Kier molecular flexibility index (Phi) is 4.70. The Morgan fingerprint density at radius 1 is 1.42 bits per heavy atom. The molecule has 3 heterocycles. The van der Waals surface area contributed by atoms with Gasteiger partial charge in [-0.25, -0.2) is 4.68 Å². The average Bonchev–Trinajstić information content (AvgIpc) is 3.24. The quantitative estimate of drug-likeness (QED) is 0.829. The number of alkyl halides is 3. The summed E-state index contributed by atoms with van der Waals surface area (Å²) in [6.07, 6.45) is -2.19. The van der Waals surface area contributed by atoms with Crippen LogP contribution in [0.3, 0.4) is 0 Å². The van der Waals surface area contributed by atoms with Crippen LogP contribution in [0.2, 0.25) is 0 Å². The number of aromatic nitrogens is 4. The smallest absolute Gasteiger partial charge is 0.370 e. The second-order valence-electron chi connectivity index (χ2n) is 6.15. The molecule has 2 aromatic heterocycles. The highest BCUT2D eigenvalue weighted by Gasteiger charge is 2.34. The van der Waals surface area contributed by atoms with Gasteiger partial charge < -0.3 is 10.2 Å². The van der Waals surface area contributed by atoms with Gasteiger partial charge in [-0.3, -0.25) is 14.7 Å². The van der Waals surface area contributed by atoms with Gasteiger partial charge >= 0.3 is 6.18 Å². The standard InChI is InChI=1S/C15H17F3N6O2/c1-23-13(25)4-10(7-20-23)24-3-2-9(8-24)6-19-14(26)11-5-12(22-21-11)15(16,17)18/h4-5,7,9H,2-3,6,8H2,1H3,(H,19,26)(H,21,22)/t9-/m1/s1. The van der Waals surface area contributed by atoms with E-state index in [9.17, 15) is 22.8 Å². The molecule has 0 aromatic carbocycles. The van der Waals surface area contributed by atoms with E-state index in [1.165, 1.54) is 10.7 Å². The summed E-state index contributed by atoms with van der Waals surface area (Å²) >= 11 is 0. The van der Waals surface area contributed by atoms with Crippen LogP contribution in [0.4, 0.5) is 18.9 Å². The van der Waals surface area contributed by atoms with Crippen molar-refractivity contribution in [3.8, 4) is 0 Å². The molecule has 0 saturated carbocycles. The van der Waals surface area contributed by atoms with Crippen LogP contribution in [0, 0.1) is 5.92 Å². The third kappa shape index (κ3) is 3.86. The molecule has 0 aliphatic carbocycles. The summed E-state index contributed by atoms with van der Waals surface area (Å²) in [4.78, 5) is 25.6. The van der Waals surface area contributed by atoms with Crippen molar-refractivity contribution in [1.29, 1.82) is 0 Å². The topological polar surface area (TPSA) is 95.9 Å². The van der Waals surface area contributed by atoms with Gasteiger partial charge in [0, 0.05) is 38.8 Å². The van der Waals surface area contributed by atoms with Gasteiger partial charge in [-0.05, 0) is 12.3 Å². The number of halogens is 3. The van der Waals surface area contributed by atoms with Crippen LogP contribution in [-0.4, -0.2) is 45.5 Å². The van der Waals surface area contributed by atoms with Crippen molar-refractivity contribution in [3.63, 3.8) is 0 Å². The van der Waals surface area contributed by atoms with Crippen molar-refractivity contribution in [2.24, 2.45) is 13.0 Å². The van der Waals surface area contributed by atoms with Gasteiger partial charge in [0.1, 0.15) is 5.69 Å². The fourth-order valence-corrected chi connectivity index (χ4v) is 2.78. The molecule has 140 valence electrons. The minimum Gasteiger partial charge on any atom is -0.370 e. The van der Waals surface area contributed by atoms with Crippen LogP contribution >= 0.6 is 0 Å². The molecule has 1 fully saturated rings. The second kappa shape index (κ2) is 6.81. The van der Waals surface area contributed by atoms with E-state index in [0.717, 1.165) is 6.42 Å². The molecule has 1 aliphatic heterocycles. The SMILES string of the molecule is Cn1ncc(N2CC[C@H](CNC(=O)c3cc(C(F)(F)F)[nH]n3)C2)cc1=O. The van der Waals surface area contributed by atoms with Crippen LogP contribution in [0.15, 0.2) is 23.1 Å². The number of carbonyl (C=O) groups is 1. The zero-order valence-electron chi connectivity index (χ0n) is 13.9. The molecule has 1 saturated heterocycles. The number of nitrogens with one attached hydrogen (secondary N) is 2. The van der Waals surface area contributed by atoms with E-state index in [2.05, 4.69) is 15.5 Å². The molecule has 0 unspecified atom stereocenters. The molecule has 26 heavy (non-hydrogen) atoms. The number of anilines is 1. The lowest BCUT2D eigenvalue weighted by atomic mass is 10.1. The van der Waals surface area contributed by atoms with Gasteiger partial charge in [0.05, 0.1) is 11.9 Å². The third-order valence-corrected chi connectivity index (χ3v) is 4.27. The Bertz CT molecular complexity index is 860. The van der Waals surface area contributed by atoms with Crippen LogP contribution in [0.5, 0.6) is 0 Å². The van der Waals surface area contributed by atoms with Crippen LogP contribution in [0.1, 0.15) is 22.6 Å². The van der Waals surface area contributed by atoms with E-state index in [-0.39, 0.29) is 17.2 Å². The van der Waals surface area contributed by atoms with Crippen molar-refractivity contribution >= 4 is 11.6 Å². The zero-order chi connectivity index (χ0) is 18.9. The minimum absolute atomic E-state index is 0.115. The summed E-state index contributed by atoms with van der Waals surface area (Å²) in [5.74, 6) is -0.547. The maximum atomic E-state index is 12.5. The van der Waals surface area contributed by atoms with Crippen LogP contribution < -0.4 is 15.8 Å². The van der Waals surface area contributed by atoms with Crippen LogP contribution in [-0.2, 0) is 13.2 Å². The number of aryl methyl sites for hydroxylation is 1.